The van der Waals surface area contributed by atoms with Crippen LogP contribution in [-0.2, 0) is 11.8 Å². The molecule has 0 bridgehead atoms. The molecule has 0 unspecified atom stereocenters. The van der Waals surface area contributed by atoms with Crippen LogP contribution in [0.5, 0.6) is 0 Å². The van der Waals surface area contributed by atoms with Crippen LogP contribution < -0.4 is 10.2 Å². The summed E-state index contributed by atoms with van der Waals surface area (Å²) >= 11 is 0. The molecular formula is C21H31N5O. The van der Waals surface area contributed by atoms with E-state index in [-0.39, 0.29) is 11.9 Å². The molecule has 0 aliphatic carbocycles. The van der Waals surface area contributed by atoms with Gasteiger partial charge in [-0.15, -0.1) is 0 Å². The number of nitrogens with zero attached hydrogens (tertiary/aromatic N) is 4. The lowest BCUT2D eigenvalue weighted by molar-refractivity contribution is -0.122. The second kappa shape index (κ2) is 9.04. The van der Waals surface area contributed by atoms with Crippen molar-refractivity contribution in [3.05, 3.63) is 47.8 Å². The van der Waals surface area contributed by atoms with E-state index >= 15 is 0 Å². The molecule has 1 aromatic carbocycles. The fraction of sp³-hybridized carbons (Fsp3) is 0.524. The molecule has 1 N–H and O–H groups in total. The van der Waals surface area contributed by atoms with E-state index in [1.807, 2.05) is 17.8 Å². The lowest BCUT2D eigenvalue weighted by Crippen LogP contribution is -2.47. The number of nitrogens with one attached hydrogen (secondary N) is 1. The van der Waals surface area contributed by atoms with Crippen molar-refractivity contribution in [2.75, 3.05) is 37.6 Å². The van der Waals surface area contributed by atoms with Gasteiger partial charge >= 0.3 is 0 Å². The van der Waals surface area contributed by atoms with Gasteiger partial charge in [0.1, 0.15) is 0 Å². The van der Waals surface area contributed by atoms with Gasteiger partial charge in [0, 0.05) is 58.1 Å². The maximum absolute atomic E-state index is 12.4. The Morgan fingerprint density at radius 3 is 2.63 bits per heavy atom. The van der Waals surface area contributed by atoms with Gasteiger partial charge in [0.05, 0.1) is 11.7 Å². The van der Waals surface area contributed by atoms with E-state index in [4.69, 9.17) is 0 Å². The monoisotopic (exact) mass is 369 g/mol. The van der Waals surface area contributed by atoms with E-state index in [0.29, 0.717) is 6.42 Å². The molecule has 0 saturated carbocycles. The van der Waals surface area contributed by atoms with Gasteiger partial charge in [-0.05, 0) is 37.1 Å². The number of amides is 1. The minimum atomic E-state index is 0.0307. The number of hydrogen-bond donors (Lipinski definition) is 1. The number of hydrogen-bond acceptors (Lipinski definition) is 4. The lowest BCUT2D eigenvalue weighted by Gasteiger charge is -2.36. The number of benzene rings is 1. The predicted octanol–water partition coefficient (Wildman–Crippen LogP) is 2.51. The van der Waals surface area contributed by atoms with Crippen LogP contribution in [0.1, 0.15) is 37.1 Å². The first-order chi connectivity index (χ1) is 13.1. The first kappa shape index (κ1) is 19.4. The van der Waals surface area contributed by atoms with Crippen molar-refractivity contribution in [1.82, 2.24) is 20.0 Å². The van der Waals surface area contributed by atoms with Crippen LogP contribution in [0.3, 0.4) is 0 Å². The van der Waals surface area contributed by atoms with Crippen molar-refractivity contribution >= 4 is 11.6 Å². The Hall–Kier alpha value is -2.34. The summed E-state index contributed by atoms with van der Waals surface area (Å²) in [7, 11) is 1.91. The second-order valence-electron chi connectivity index (χ2n) is 7.33. The van der Waals surface area contributed by atoms with Crippen LogP contribution >= 0.6 is 0 Å². The number of carbonyl (C=O) groups is 1. The molecule has 1 saturated heterocycles. The lowest BCUT2D eigenvalue weighted by atomic mass is 10.1. The zero-order valence-corrected chi connectivity index (χ0v) is 16.7. The van der Waals surface area contributed by atoms with E-state index in [2.05, 4.69) is 58.3 Å². The highest BCUT2D eigenvalue weighted by atomic mass is 16.1. The fourth-order valence-corrected chi connectivity index (χ4v) is 3.69. The van der Waals surface area contributed by atoms with E-state index in [1.165, 1.54) is 11.3 Å². The van der Waals surface area contributed by atoms with Crippen LogP contribution in [0, 0.1) is 6.92 Å². The van der Waals surface area contributed by atoms with E-state index in [9.17, 15) is 4.79 Å². The molecule has 0 radical (unpaired) electrons. The molecule has 1 atom stereocenters. The topological polar surface area (TPSA) is 53.4 Å². The molecule has 2 aromatic rings. The van der Waals surface area contributed by atoms with Crippen LogP contribution in [-0.4, -0.2) is 53.3 Å². The largest absolute Gasteiger partial charge is 0.369 e. The maximum Gasteiger partial charge on any atom is 0.221 e. The zero-order chi connectivity index (χ0) is 19.2. The Morgan fingerprint density at radius 1 is 1.22 bits per heavy atom. The smallest absolute Gasteiger partial charge is 0.221 e. The predicted molar refractivity (Wildman–Crippen MR) is 109 cm³/mol. The van der Waals surface area contributed by atoms with Crippen LogP contribution in [0.4, 0.5) is 5.69 Å². The van der Waals surface area contributed by atoms with Gasteiger partial charge in [0.25, 0.3) is 0 Å². The van der Waals surface area contributed by atoms with Gasteiger partial charge in [-0.2, -0.15) is 5.10 Å². The SMILES string of the molecule is CC[C@@H](NC(=O)CCN1CCN(c2cccc(C)c2)CC1)c1ccnn1C. The molecule has 0 spiro atoms. The highest BCUT2D eigenvalue weighted by Gasteiger charge is 2.19. The molecule has 1 aromatic heterocycles. The van der Waals surface area contributed by atoms with Crippen molar-refractivity contribution in [2.24, 2.45) is 7.05 Å². The average Bonchev–Trinajstić information content (AvgIpc) is 3.10. The maximum atomic E-state index is 12.4. The molecular weight excluding hydrogens is 338 g/mol. The van der Waals surface area contributed by atoms with Crippen molar-refractivity contribution in [3.8, 4) is 0 Å². The summed E-state index contributed by atoms with van der Waals surface area (Å²) in [6.45, 7) is 9.06. The fourth-order valence-electron chi connectivity index (χ4n) is 3.69. The molecule has 2 heterocycles. The average molecular weight is 370 g/mol. The number of aromatic nitrogens is 2. The molecule has 6 nitrogen and oxygen atoms in total. The summed E-state index contributed by atoms with van der Waals surface area (Å²) in [6.07, 6.45) is 3.18. The Bertz CT molecular complexity index is 749. The van der Waals surface area contributed by atoms with E-state index < -0.39 is 0 Å². The molecule has 3 rings (SSSR count). The summed E-state index contributed by atoms with van der Waals surface area (Å²) in [5.74, 6) is 0.115. The minimum absolute atomic E-state index is 0.0307. The number of aryl methyl sites for hydroxylation is 2. The molecule has 1 aliphatic rings. The van der Waals surface area contributed by atoms with Crippen molar-refractivity contribution in [2.45, 2.75) is 32.7 Å². The summed E-state index contributed by atoms with van der Waals surface area (Å²) in [4.78, 5) is 17.2. The minimum Gasteiger partial charge on any atom is -0.369 e. The zero-order valence-electron chi connectivity index (χ0n) is 16.7. The third kappa shape index (κ3) is 5.10. The summed E-state index contributed by atoms with van der Waals surface area (Å²) in [5, 5.41) is 7.36. The number of rotatable bonds is 7. The molecule has 1 amide bonds. The van der Waals surface area contributed by atoms with Crippen molar-refractivity contribution in [1.29, 1.82) is 0 Å². The van der Waals surface area contributed by atoms with Crippen LogP contribution in [0.2, 0.25) is 0 Å². The van der Waals surface area contributed by atoms with Gasteiger partial charge in [-0.25, -0.2) is 0 Å². The molecule has 1 aliphatic heterocycles. The number of carbonyl (C=O) groups excluding carboxylic acids is 1. The van der Waals surface area contributed by atoms with Gasteiger partial charge in [-0.3, -0.25) is 14.4 Å². The summed E-state index contributed by atoms with van der Waals surface area (Å²) in [6, 6.07) is 10.7. The number of piperazine rings is 1. The molecule has 1 fully saturated rings. The Kier molecular flexibility index (Phi) is 6.50. The standard InChI is InChI=1S/C21H31N5O/c1-4-19(20-8-10-22-24(20)3)23-21(27)9-11-25-12-14-26(15-13-25)18-7-5-6-17(2)16-18/h5-8,10,16,19H,4,9,11-15H2,1-3H3,(H,23,27)/t19-/m1/s1. The number of anilines is 1. The Morgan fingerprint density at radius 2 is 2.00 bits per heavy atom. The molecule has 146 valence electrons. The van der Waals surface area contributed by atoms with Crippen LogP contribution in [0.25, 0.3) is 0 Å². The van der Waals surface area contributed by atoms with Crippen molar-refractivity contribution < 1.29 is 4.79 Å². The van der Waals surface area contributed by atoms with E-state index in [0.717, 1.165) is 44.8 Å². The van der Waals surface area contributed by atoms with Gasteiger partial charge in [-0.1, -0.05) is 19.1 Å². The van der Waals surface area contributed by atoms with Crippen LogP contribution in [0.15, 0.2) is 36.5 Å². The second-order valence-corrected chi connectivity index (χ2v) is 7.33. The first-order valence-corrected chi connectivity index (χ1v) is 9.88. The molecule has 6 heteroatoms. The van der Waals surface area contributed by atoms with Crippen molar-refractivity contribution in [3.63, 3.8) is 0 Å². The summed E-state index contributed by atoms with van der Waals surface area (Å²) in [5.41, 5.74) is 3.65. The summed E-state index contributed by atoms with van der Waals surface area (Å²) < 4.78 is 1.83. The Balaban J connectivity index is 1.43. The highest BCUT2D eigenvalue weighted by Crippen LogP contribution is 2.18. The molecule has 27 heavy (non-hydrogen) atoms. The highest BCUT2D eigenvalue weighted by molar-refractivity contribution is 5.76. The van der Waals surface area contributed by atoms with Gasteiger partial charge in [0.15, 0.2) is 0 Å². The quantitative estimate of drug-likeness (QED) is 0.815. The first-order valence-electron chi connectivity index (χ1n) is 9.88. The normalized spacial score (nSPS) is 16.3. The van der Waals surface area contributed by atoms with Gasteiger partial charge in [0.2, 0.25) is 5.91 Å². The third-order valence-electron chi connectivity index (χ3n) is 5.35. The van der Waals surface area contributed by atoms with Gasteiger partial charge < -0.3 is 10.2 Å². The Labute approximate surface area is 162 Å². The third-order valence-corrected chi connectivity index (χ3v) is 5.35. The van der Waals surface area contributed by atoms with E-state index in [1.54, 1.807) is 6.20 Å².